The Morgan fingerprint density at radius 1 is 1.25 bits per heavy atom. The Hall–Kier alpha value is -1.18. The second-order valence-corrected chi connectivity index (χ2v) is 4.72. The number of rotatable bonds is 4. The predicted octanol–water partition coefficient (Wildman–Crippen LogP) is 3.52. The van der Waals surface area contributed by atoms with Gasteiger partial charge in [0.05, 0.1) is 4.24 Å². The lowest BCUT2D eigenvalue weighted by atomic mass is 10.2. The van der Waals surface area contributed by atoms with Gasteiger partial charge in [-0.3, -0.25) is 0 Å². The topological polar surface area (TPSA) is 36.1 Å². The summed E-state index contributed by atoms with van der Waals surface area (Å²) in [5.41, 5.74) is 1.47. The third kappa shape index (κ3) is 3.76. The third-order valence-electron chi connectivity index (χ3n) is 1.81. The summed E-state index contributed by atoms with van der Waals surface area (Å²) < 4.78 is 0.940. The van der Waals surface area contributed by atoms with Crippen LogP contribution in [0.15, 0.2) is 45.3 Å². The monoisotopic (exact) mass is 248 g/mol. The summed E-state index contributed by atoms with van der Waals surface area (Å²) in [6.07, 6.45) is 5.60. The zero-order valence-corrected chi connectivity index (χ0v) is 10.8. The highest BCUT2D eigenvalue weighted by Gasteiger charge is 2.01. The van der Waals surface area contributed by atoms with Gasteiger partial charge in [0.25, 0.3) is 0 Å². The van der Waals surface area contributed by atoms with Gasteiger partial charge in [0.1, 0.15) is 6.07 Å². The van der Waals surface area contributed by atoms with E-state index in [1.807, 2.05) is 42.8 Å². The molecule has 0 aromatic heterocycles. The van der Waals surface area contributed by atoms with Gasteiger partial charge in [0.15, 0.2) is 5.70 Å². The van der Waals surface area contributed by atoms with Crippen molar-refractivity contribution in [1.82, 2.24) is 0 Å². The summed E-state index contributed by atoms with van der Waals surface area (Å²) in [6.45, 7) is 0. The molecule has 0 aliphatic carbocycles. The van der Waals surface area contributed by atoms with Crippen LogP contribution in [-0.4, -0.2) is 18.7 Å². The minimum Gasteiger partial charge on any atom is -0.243 e. The van der Waals surface area contributed by atoms with Gasteiger partial charge in [-0.25, -0.2) is 4.99 Å². The van der Waals surface area contributed by atoms with E-state index < -0.39 is 0 Å². The second kappa shape index (κ2) is 7.15. The second-order valence-electron chi connectivity index (χ2n) is 2.82. The molecular formula is C12H12N2S2. The highest BCUT2D eigenvalue weighted by atomic mass is 32.2. The first kappa shape index (κ1) is 12.9. The van der Waals surface area contributed by atoms with Gasteiger partial charge >= 0.3 is 0 Å². The highest BCUT2D eigenvalue weighted by Crippen LogP contribution is 2.27. The lowest BCUT2D eigenvalue weighted by molar-refractivity contribution is 1.39. The quantitative estimate of drug-likeness (QED) is 0.604. The van der Waals surface area contributed by atoms with Crippen LogP contribution < -0.4 is 0 Å². The maximum Gasteiger partial charge on any atom is 0.160 e. The minimum absolute atomic E-state index is 0.476. The average molecular weight is 248 g/mol. The Bertz CT molecular complexity index is 424. The molecule has 0 saturated heterocycles. The normalized spacial score (nSPS) is 10.1. The van der Waals surface area contributed by atoms with Crippen LogP contribution in [-0.2, 0) is 0 Å². The van der Waals surface area contributed by atoms with Crippen LogP contribution in [0.2, 0.25) is 0 Å². The van der Waals surface area contributed by atoms with Gasteiger partial charge in [0, 0.05) is 6.21 Å². The van der Waals surface area contributed by atoms with E-state index in [4.69, 9.17) is 5.26 Å². The molecule has 0 bridgehead atoms. The molecule has 4 heteroatoms. The Kier molecular flexibility index (Phi) is 5.76. The molecule has 0 N–H and O–H groups in total. The molecule has 0 atom stereocenters. The molecule has 1 aromatic rings. The first-order chi connectivity index (χ1) is 7.81. The SMILES string of the molecule is CSC(SC)=C(C#N)N=Cc1ccccc1. The molecule has 82 valence electrons. The molecular weight excluding hydrogens is 236 g/mol. The van der Waals surface area contributed by atoms with Crippen LogP contribution in [0.25, 0.3) is 0 Å². The molecule has 0 radical (unpaired) electrons. The largest absolute Gasteiger partial charge is 0.243 e. The molecule has 2 nitrogen and oxygen atoms in total. The standard InChI is InChI=1S/C12H12N2S2/c1-15-12(16-2)11(8-13)14-9-10-6-4-3-5-7-10/h3-7,9H,1-2H3. The van der Waals surface area contributed by atoms with Crippen molar-refractivity contribution in [2.24, 2.45) is 4.99 Å². The fourth-order valence-corrected chi connectivity index (χ4v) is 2.33. The molecule has 0 saturated carbocycles. The summed E-state index contributed by atoms with van der Waals surface area (Å²) in [4.78, 5) is 4.21. The molecule has 0 heterocycles. The molecule has 1 aromatic carbocycles. The lowest BCUT2D eigenvalue weighted by Gasteiger charge is -1.99. The first-order valence-corrected chi connectivity index (χ1v) is 7.08. The van der Waals surface area contributed by atoms with Crippen LogP contribution in [0.1, 0.15) is 5.56 Å². The van der Waals surface area contributed by atoms with Crippen LogP contribution in [0.3, 0.4) is 0 Å². The molecule has 0 unspecified atom stereocenters. The number of hydrogen-bond acceptors (Lipinski definition) is 4. The summed E-state index contributed by atoms with van der Waals surface area (Å²) in [5, 5.41) is 8.99. The van der Waals surface area contributed by atoms with Gasteiger partial charge in [-0.2, -0.15) is 5.26 Å². The molecule has 0 spiro atoms. The van der Waals surface area contributed by atoms with E-state index in [9.17, 15) is 0 Å². The summed E-state index contributed by atoms with van der Waals surface area (Å²) >= 11 is 3.09. The van der Waals surface area contributed by atoms with Crippen LogP contribution in [0.5, 0.6) is 0 Å². The number of nitrogens with zero attached hydrogens (tertiary/aromatic N) is 2. The van der Waals surface area contributed by atoms with E-state index in [1.165, 1.54) is 0 Å². The van der Waals surface area contributed by atoms with Crippen LogP contribution in [0, 0.1) is 11.3 Å². The Morgan fingerprint density at radius 2 is 1.88 bits per heavy atom. The molecule has 0 fully saturated rings. The Morgan fingerprint density at radius 3 is 2.38 bits per heavy atom. The van der Waals surface area contributed by atoms with Crippen molar-refractivity contribution in [2.45, 2.75) is 0 Å². The smallest absolute Gasteiger partial charge is 0.160 e. The van der Waals surface area contributed by atoms with E-state index in [-0.39, 0.29) is 0 Å². The maximum atomic E-state index is 8.99. The van der Waals surface area contributed by atoms with Crippen molar-refractivity contribution in [2.75, 3.05) is 12.5 Å². The van der Waals surface area contributed by atoms with Gasteiger partial charge in [-0.15, -0.1) is 23.5 Å². The van der Waals surface area contributed by atoms with Crippen molar-refractivity contribution >= 4 is 29.7 Å². The average Bonchev–Trinajstić information content (AvgIpc) is 2.35. The van der Waals surface area contributed by atoms with E-state index in [0.717, 1.165) is 9.80 Å². The van der Waals surface area contributed by atoms with Crippen LogP contribution in [0.4, 0.5) is 0 Å². The molecule has 0 aliphatic rings. The van der Waals surface area contributed by atoms with Gasteiger partial charge in [-0.05, 0) is 18.1 Å². The van der Waals surface area contributed by atoms with E-state index in [1.54, 1.807) is 29.7 Å². The number of allylic oxidation sites excluding steroid dienone is 1. The number of nitriles is 1. The van der Waals surface area contributed by atoms with Crippen molar-refractivity contribution < 1.29 is 0 Å². The predicted molar refractivity (Wildman–Crippen MR) is 73.7 cm³/mol. The molecule has 16 heavy (non-hydrogen) atoms. The Labute approximate surface area is 104 Å². The van der Waals surface area contributed by atoms with E-state index in [2.05, 4.69) is 11.1 Å². The van der Waals surface area contributed by atoms with Crippen molar-refractivity contribution in [3.8, 4) is 6.07 Å². The third-order valence-corrected chi connectivity index (χ3v) is 3.94. The number of thioether (sulfide) groups is 2. The minimum atomic E-state index is 0.476. The summed E-state index contributed by atoms with van der Waals surface area (Å²) in [6, 6.07) is 11.9. The molecule has 0 amide bonds. The fraction of sp³-hybridized carbons (Fsp3) is 0.167. The van der Waals surface area contributed by atoms with Crippen molar-refractivity contribution in [1.29, 1.82) is 5.26 Å². The van der Waals surface area contributed by atoms with Gasteiger partial charge < -0.3 is 0 Å². The molecule has 1 rings (SSSR count). The van der Waals surface area contributed by atoms with Crippen LogP contribution >= 0.6 is 23.5 Å². The highest BCUT2D eigenvalue weighted by molar-refractivity contribution is 8.21. The summed E-state index contributed by atoms with van der Waals surface area (Å²) in [5.74, 6) is 0. The van der Waals surface area contributed by atoms with Crippen molar-refractivity contribution in [3.05, 3.63) is 45.8 Å². The van der Waals surface area contributed by atoms with E-state index in [0.29, 0.717) is 5.70 Å². The van der Waals surface area contributed by atoms with Gasteiger partial charge in [0.2, 0.25) is 0 Å². The lowest BCUT2D eigenvalue weighted by Crippen LogP contribution is -1.83. The summed E-state index contributed by atoms with van der Waals surface area (Å²) in [7, 11) is 0. The fourth-order valence-electron chi connectivity index (χ4n) is 1.08. The maximum absolute atomic E-state index is 8.99. The van der Waals surface area contributed by atoms with E-state index >= 15 is 0 Å². The zero-order chi connectivity index (χ0) is 11.8. The van der Waals surface area contributed by atoms with Gasteiger partial charge in [-0.1, -0.05) is 30.3 Å². The zero-order valence-electron chi connectivity index (χ0n) is 9.18. The Balaban J connectivity index is 2.91. The number of aliphatic imine (C=N–C) groups is 1. The number of benzene rings is 1. The molecule has 0 aliphatic heterocycles. The van der Waals surface area contributed by atoms with Crippen molar-refractivity contribution in [3.63, 3.8) is 0 Å². The number of hydrogen-bond donors (Lipinski definition) is 0. The first-order valence-electron chi connectivity index (χ1n) is 4.63.